The molecule has 0 radical (unpaired) electrons. The molecule has 0 bridgehead atoms. The van der Waals surface area contributed by atoms with Gasteiger partial charge in [-0.25, -0.2) is 0 Å². The Labute approximate surface area is 134 Å². The zero-order valence-electron chi connectivity index (χ0n) is 10.9. The number of halogens is 2. The SMILES string of the molecule is CCc1cc(Br)ccc1NC(=O)c1ccc(Br)c(N)c1. The molecule has 3 nitrogen and oxygen atoms in total. The van der Waals surface area contributed by atoms with Gasteiger partial charge in [0.25, 0.3) is 5.91 Å². The molecule has 0 aliphatic carbocycles. The zero-order chi connectivity index (χ0) is 14.7. The van der Waals surface area contributed by atoms with Crippen molar-refractivity contribution in [1.82, 2.24) is 0 Å². The number of nitrogen functional groups attached to an aromatic ring is 1. The Balaban J connectivity index is 2.25. The van der Waals surface area contributed by atoms with Crippen molar-refractivity contribution < 1.29 is 4.79 Å². The highest BCUT2D eigenvalue weighted by Gasteiger charge is 2.10. The van der Waals surface area contributed by atoms with Crippen LogP contribution in [0.5, 0.6) is 0 Å². The maximum absolute atomic E-state index is 12.2. The van der Waals surface area contributed by atoms with Crippen molar-refractivity contribution in [1.29, 1.82) is 0 Å². The predicted octanol–water partition coefficient (Wildman–Crippen LogP) is 4.61. The lowest BCUT2D eigenvalue weighted by Crippen LogP contribution is -2.13. The maximum Gasteiger partial charge on any atom is 0.255 e. The molecule has 104 valence electrons. The topological polar surface area (TPSA) is 55.1 Å². The second kappa shape index (κ2) is 6.41. The molecule has 0 aliphatic rings. The van der Waals surface area contributed by atoms with Crippen molar-refractivity contribution in [2.75, 3.05) is 11.1 Å². The number of amides is 1. The Morgan fingerprint density at radius 3 is 2.60 bits per heavy atom. The van der Waals surface area contributed by atoms with Crippen LogP contribution in [0.2, 0.25) is 0 Å². The molecule has 5 heteroatoms. The second-order valence-corrected chi connectivity index (χ2v) is 6.12. The summed E-state index contributed by atoms with van der Waals surface area (Å²) in [6.07, 6.45) is 0.845. The molecule has 3 N–H and O–H groups in total. The van der Waals surface area contributed by atoms with E-state index >= 15 is 0 Å². The molecule has 1 amide bonds. The first-order valence-electron chi connectivity index (χ1n) is 6.16. The van der Waals surface area contributed by atoms with E-state index in [2.05, 4.69) is 44.1 Å². The minimum atomic E-state index is -0.166. The summed E-state index contributed by atoms with van der Waals surface area (Å²) >= 11 is 6.75. The van der Waals surface area contributed by atoms with Gasteiger partial charge < -0.3 is 11.1 Å². The summed E-state index contributed by atoms with van der Waals surface area (Å²) in [5.74, 6) is -0.166. The summed E-state index contributed by atoms with van der Waals surface area (Å²) in [7, 11) is 0. The molecule has 0 saturated heterocycles. The third-order valence-corrected chi connectivity index (χ3v) is 4.17. The first-order valence-corrected chi connectivity index (χ1v) is 7.74. The minimum Gasteiger partial charge on any atom is -0.398 e. The second-order valence-electron chi connectivity index (χ2n) is 4.35. The monoisotopic (exact) mass is 396 g/mol. The molecule has 0 unspecified atom stereocenters. The highest BCUT2D eigenvalue weighted by atomic mass is 79.9. The molecule has 2 rings (SSSR count). The normalized spacial score (nSPS) is 10.3. The van der Waals surface area contributed by atoms with Gasteiger partial charge in [0.05, 0.1) is 0 Å². The number of carbonyl (C=O) groups excluding carboxylic acids is 1. The van der Waals surface area contributed by atoms with E-state index in [1.807, 2.05) is 18.2 Å². The predicted molar refractivity (Wildman–Crippen MR) is 90.0 cm³/mol. The van der Waals surface area contributed by atoms with E-state index < -0.39 is 0 Å². The third kappa shape index (κ3) is 3.41. The summed E-state index contributed by atoms with van der Waals surface area (Å²) in [6.45, 7) is 2.05. The van der Waals surface area contributed by atoms with Crippen LogP contribution in [0.4, 0.5) is 11.4 Å². The van der Waals surface area contributed by atoms with E-state index in [1.54, 1.807) is 18.2 Å². The van der Waals surface area contributed by atoms with E-state index in [0.29, 0.717) is 11.3 Å². The molecular weight excluding hydrogens is 384 g/mol. The molecule has 2 aromatic rings. The average molecular weight is 398 g/mol. The number of aryl methyl sites for hydroxylation is 1. The quantitative estimate of drug-likeness (QED) is 0.743. The average Bonchev–Trinajstić information content (AvgIpc) is 2.43. The van der Waals surface area contributed by atoms with Gasteiger partial charge in [-0.1, -0.05) is 22.9 Å². The Bertz CT molecular complexity index is 656. The largest absolute Gasteiger partial charge is 0.398 e. The Morgan fingerprint density at radius 2 is 1.95 bits per heavy atom. The number of anilines is 2. The van der Waals surface area contributed by atoms with Crippen LogP contribution < -0.4 is 11.1 Å². The van der Waals surface area contributed by atoms with Gasteiger partial charge in [-0.15, -0.1) is 0 Å². The number of carbonyl (C=O) groups is 1. The van der Waals surface area contributed by atoms with Gasteiger partial charge in [0.2, 0.25) is 0 Å². The first-order chi connectivity index (χ1) is 9.51. The molecule has 0 fully saturated rings. The van der Waals surface area contributed by atoms with Gasteiger partial charge in [0, 0.05) is 25.9 Å². The van der Waals surface area contributed by atoms with Crippen LogP contribution in [-0.2, 0) is 6.42 Å². The summed E-state index contributed by atoms with van der Waals surface area (Å²) in [4.78, 5) is 12.2. The van der Waals surface area contributed by atoms with E-state index in [9.17, 15) is 4.79 Å². The van der Waals surface area contributed by atoms with Crippen molar-refractivity contribution in [3.8, 4) is 0 Å². The number of benzene rings is 2. The highest BCUT2D eigenvalue weighted by Crippen LogP contribution is 2.24. The number of hydrogen-bond acceptors (Lipinski definition) is 2. The summed E-state index contributed by atoms with van der Waals surface area (Å²) < 4.78 is 1.78. The molecule has 20 heavy (non-hydrogen) atoms. The highest BCUT2D eigenvalue weighted by molar-refractivity contribution is 9.10. The van der Waals surface area contributed by atoms with Gasteiger partial charge >= 0.3 is 0 Å². The van der Waals surface area contributed by atoms with E-state index in [4.69, 9.17) is 5.73 Å². The van der Waals surface area contributed by atoms with Gasteiger partial charge in [-0.2, -0.15) is 0 Å². The number of nitrogens with one attached hydrogen (secondary N) is 1. The summed E-state index contributed by atoms with van der Waals surface area (Å²) in [6, 6.07) is 11.0. The number of nitrogens with two attached hydrogens (primary N) is 1. The van der Waals surface area contributed by atoms with Gasteiger partial charge in [-0.3, -0.25) is 4.79 Å². The fourth-order valence-corrected chi connectivity index (χ4v) is 2.51. The number of hydrogen-bond donors (Lipinski definition) is 2. The van der Waals surface area contributed by atoms with Crippen LogP contribution in [0, 0.1) is 0 Å². The molecular formula is C15H14Br2N2O. The fraction of sp³-hybridized carbons (Fsp3) is 0.133. The fourth-order valence-electron chi connectivity index (χ4n) is 1.86. The van der Waals surface area contributed by atoms with E-state index in [-0.39, 0.29) is 5.91 Å². The van der Waals surface area contributed by atoms with Crippen molar-refractivity contribution in [3.05, 3.63) is 56.5 Å². The van der Waals surface area contributed by atoms with E-state index in [1.165, 1.54) is 0 Å². The lowest BCUT2D eigenvalue weighted by atomic mass is 10.1. The first kappa shape index (κ1) is 15.1. The van der Waals surface area contributed by atoms with Gasteiger partial charge in [0.1, 0.15) is 0 Å². The van der Waals surface area contributed by atoms with Crippen LogP contribution in [0.1, 0.15) is 22.8 Å². The van der Waals surface area contributed by atoms with E-state index in [0.717, 1.165) is 26.6 Å². The van der Waals surface area contributed by atoms with Crippen LogP contribution in [-0.4, -0.2) is 5.91 Å². The molecule has 0 spiro atoms. The lowest BCUT2D eigenvalue weighted by Gasteiger charge is -2.11. The van der Waals surface area contributed by atoms with Crippen LogP contribution in [0.3, 0.4) is 0 Å². The molecule has 2 aromatic carbocycles. The standard InChI is InChI=1S/C15H14Br2N2O/c1-2-9-7-11(16)4-6-14(9)19-15(20)10-3-5-12(17)13(18)8-10/h3-8H,2,18H2,1H3,(H,19,20). The van der Waals surface area contributed by atoms with Crippen molar-refractivity contribution in [3.63, 3.8) is 0 Å². The van der Waals surface area contributed by atoms with Crippen molar-refractivity contribution in [2.24, 2.45) is 0 Å². The third-order valence-electron chi connectivity index (χ3n) is 2.95. The molecule has 0 aromatic heterocycles. The number of rotatable bonds is 3. The molecule has 0 saturated carbocycles. The van der Waals surface area contributed by atoms with Gasteiger partial charge in [-0.05, 0) is 64.3 Å². The maximum atomic E-state index is 12.2. The Hall–Kier alpha value is -1.33. The van der Waals surface area contributed by atoms with Crippen LogP contribution >= 0.6 is 31.9 Å². The van der Waals surface area contributed by atoms with Crippen LogP contribution in [0.15, 0.2) is 45.3 Å². The lowest BCUT2D eigenvalue weighted by molar-refractivity contribution is 0.102. The van der Waals surface area contributed by atoms with Gasteiger partial charge in [0.15, 0.2) is 0 Å². The molecule has 0 aliphatic heterocycles. The Kier molecular flexibility index (Phi) is 4.83. The minimum absolute atomic E-state index is 0.166. The molecule has 0 atom stereocenters. The summed E-state index contributed by atoms with van der Waals surface area (Å²) in [5.41, 5.74) is 8.78. The summed E-state index contributed by atoms with van der Waals surface area (Å²) in [5, 5.41) is 2.92. The smallest absolute Gasteiger partial charge is 0.255 e. The zero-order valence-corrected chi connectivity index (χ0v) is 14.1. The molecule has 0 heterocycles. The van der Waals surface area contributed by atoms with Crippen LogP contribution in [0.25, 0.3) is 0 Å². The Morgan fingerprint density at radius 1 is 1.20 bits per heavy atom. The van der Waals surface area contributed by atoms with Crippen molar-refractivity contribution >= 4 is 49.1 Å². The van der Waals surface area contributed by atoms with Crippen molar-refractivity contribution in [2.45, 2.75) is 13.3 Å².